The Morgan fingerprint density at radius 1 is 1.24 bits per heavy atom. The second-order valence-corrected chi connectivity index (χ2v) is 4.12. The summed E-state index contributed by atoms with van der Waals surface area (Å²) in [6, 6.07) is 13.5. The number of aliphatic hydroxyl groups is 1. The standard InChI is InChI=1S/C14H15NO2/c1-10(16)9-15-14(17)13-7-6-11-4-2-3-5-12(11)8-13/h2-8,10,16H,9H2,1H3,(H,15,17)/t10-/m0/s1. The summed E-state index contributed by atoms with van der Waals surface area (Å²) < 4.78 is 0. The van der Waals surface area contributed by atoms with E-state index in [1.807, 2.05) is 36.4 Å². The average Bonchev–Trinajstić information content (AvgIpc) is 2.35. The third kappa shape index (κ3) is 2.82. The minimum atomic E-state index is -0.528. The lowest BCUT2D eigenvalue weighted by molar-refractivity contribution is 0.0924. The topological polar surface area (TPSA) is 49.3 Å². The molecule has 0 aromatic heterocycles. The molecule has 0 bridgehead atoms. The molecule has 0 heterocycles. The van der Waals surface area contributed by atoms with Crippen molar-refractivity contribution in [2.45, 2.75) is 13.0 Å². The van der Waals surface area contributed by atoms with Gasteiger partial charge in [0, 0.05) is 12.1 Å². The molecule has 0 aliphatic carbocycles. The average molecular weight is 229 g/mol. The van der Waals surface area contributed by atoms with Gasteiger partial charge in [-0.05, 0) is 29.8 Å². The van der Waals surface area contributed by atoms with Crippen molar-refractivity contribution in [1.29, 1.82) is 0 Å². The van der Waals surface area contributed by atoms with Crippen LogP contribution in [0.15, 0.2) is 42.5 Å². The number of benzene rings is 2. The molecule has 0 radical (unpaired) electrons. The van der Waals surface area contributed by atoms with Crippen molar-refractivity contribution in [3.63, 3.8) is 0 Å². The van der Waals surface area contributed by atoms with Crippen LogP contribution >= 0.6 is 0 Å². The molecule has 2 rings (SSSR count). The van der Waals surface area contributed by atoms with Crippen LogP contribution < -0.4 is 5.32 Å². The Morgan fingerprint density at radius 3 is 2.65 bits per heavy atom. The third-order valence-corrected chi connectivity index (χ3v) is 2.57. The van der Waals surface area contributed by atoms with Crippen LogP contribution in [-0.2, 0) is 0 Å². The van der Waals surface area contributed by atoms with E-state index in [0.717, 1.165) is 10.8 Å². The number of carbonyl (C=O) groups excluding carboxylic acids is 1. The van der Waals surface area contributed by atoms with E-state index in [1.54, 1.807) is 13.0 Å². The normalized spacial score (nSPS) is 12.4. The number of hydrogen-bond acceptors (Lipinski definition) is 2. The third-order valence-electron chi connectivity index (χ3n) is 2.57. The molecule has 0 aliphatic heterocycles. The van der Waals surface area contributed by atoms with Crippen LogP contribution in [0.25, 0.3) is 10.8 Å². The summed E-state index contributed by atoms with van der Waals surface area (Å²) >= 11 is 0. The monoisotopic (exact) mass is 229 g/mol. The maximum absolute atomic E-state index is 11.8. The lowest BCUT2D eigenvalue weighted by Crippen LogP contribution is -2.30. The van der Waals surface area contributed by atoms with E-state index in [0.29, 0.717) is 5.56 Å². The predicted octanol–water partition coefficient (Wildman–Crippen LogP) is 1.95. The highest BCUT2D eigenvalue weighted by Gasteiger charge is 2.06. The fourth-order valence-corrected chi connectivity index (χ4v) is 1.67. The Balaban J connectivity index is 2.21. The Hall–Kier alpha value is -1.87. The summed E-state index contributed by atoms with van der Waals surface area (Å²) in [5, 5.41) is 13.9. The Morgan fingerprint density at radius 2 is 1.94 bits per heavy atom. The molecule has 0 saturated heterocycles. The van der Waals surface area contributed by atoms with Crippen molar-refractivity contribution in [3.05, 3.63) is 48.0 Å². The quantitative estimate of drug-likeness (QED) is 0.845. The molecule has 1 amide bonds. The van der Waals surface area contributed by atoms with E-state index in [2.05, 4.69) is 5.32 Å². The van der Waals surface area contributed by atoms with Crippen LogP contribution in [0.3, 0.4) is 0 Å². The van der Waals surface area contributed by atoms with E-state index < -0.39 is 6.10 Å². The van der Waals surface area contributed by atoms with Crippen LogP contribution in [0.1, 0.15) is 17.3 Å². The summed E-state index contributed by atoms with van der Waals surface area (Å²) in [6.45, 7) is 1.91. The number of carbonyl (C=O) groups is 1. The Bertz CT molecular complexity index is 534. The van der Waals surface area contributed by atoms with Crippen molar-refractivity contribution in [1.82, 2.24) is 5.32 Å². The van der Waals surface area contributed by atoms with Crippen molar-refractivity contribution in [3.8, 4) is 0 Å². The molecule has 3 heteroatoms. The van der Waals surface area contributed by atoms with Crippen molar-refractivity contribution >= 4 is 16.7 Å². The molecule has 1 atom stereocenters. The fraction of sp³-hybridized carbons (Fsp3) is 0.214. The van der Waals surface area contributed by atoms with E-state index in [4.69, 9.17) is 5.11 Å². The first-order valence-electron chi connectivity index (χ1n) is 5.62. The molecular formula is C14H15NO2. The van der Waals surface area contributed by atoms with Gasteiger partial charge in [0.25, 0.3) is 5.91 Å². The largest absolute Gasteiger partial charge is 0.392 e. The zero-order chi connectivity index (χ0) is 12.3. The van der Waals surface area contributed by atoms with Gasteiger partial charge < -0.3 is 10.4 Å². The molecule has 0 saturated carbocycles. The lowest BCUT2D eigenvalue weighted by Gasteiger charge is -2.07. The van der Waals surface area contributed by atoms with Gasteiger partial charge in [-0.15, -0.1) is 0 Å². The number of hydrogen-bond donors (Lipinski definition) is 2. The minimum absolute atomic E-state index is 0.156. The van der Waals surface area contributed by atoms with Gasteiger partial charge in [-0.1, -0.05) is 30.3 Å². The Labute approximate surface area is 100 Å². The summed E-state index contributed by atoms with van der Waals surface area (Å²) in [6.07, 6.45) is -0.528. The van der Waals surface area contributed by atoms with Crippen LogP contribution in [0.5, 0.6) is 0 Å². The Kier molecular flexibility index (Phi) is 3.40. The molecule has 2 aromatic rings. The van der Waals surface area contributed by atoms with Gasteiger partial charge in [0.2, 0.25) is 0 Å². The maximum atomic E-state index is 11.8. The zero-order valence-electron chi connectivity index (χ0n) is 9.68. The SMILES string of the molecule is C[C@H](O)CNC(=O)c1ccc2ccccc2c1. The molecule has 0 unspecified atom stereocenters. The molecule has 0 fully saturated rings. The summed E-state index contributed by atoms with van der Waals surface area (Å²) in [5.41, 5.74) is 0.615. The van der Waals surface area contributed by atoms with E-state index in [-0.39, 0.29) is 12.5 Å². The summed E-state index contributed by atoms with van der Waals surface area (Å²) in [7, 11) is 0. The van der Waals surface area contributed by atoms with Crippen molar-refractivity contribution in [2.24, 2.45) is 0 Å². The number of aliphatic hydroxyl groups excluding tert-OH is 1. The molecule has 3 nitrogen and oxygen atoms in total. The van der Waals surface area contributed by atoms with Crippen LogP contribution in [0.4, 0.5) is 0 Å². The maximum Gasteiger partial charge on any atom is 0.251 e. The zero-order valence-corrected chi connectivity index (χ0v) is 9.68. The van der Waals surface area contributed by atoms with E-state index in [1.165, 1.54) is 0 Å². The minimum Gasteiger partial charge on any atom is -0.392 e. The highest BCUT2D eigenvalue weighted by Crippen LogP contribution is 2.15. The molecule has 2 aromatic carbocycles. The van der Waals surface area contributed by atoms with Crippen molar-refractivity contribution < 1.29 is 9.90 Å². The van der Waals surface area contributed by atoms with Gasteiger partial charge in [0.1, 0.15) is 0 Å². The van der Waals surface area contributed by atoms with Gasteiger partial charge in [-0.25, -0.2) is 0 Å². The van der Waals surface area contributed by atoms with Gasteiger partial charge in [0.05, 0.1) is 6.10 Å². The second-order valence-electron chi connectivity index (χ2n) is 4.12. The number of fused-ring (bicyclic) bond motifs is 1. The van der Waals surface area contributed by atoms with E-state index >= 15 is 0 Å². The predicted molar refractivity (Wildman–Crippen MR) is 68.0 cm³/mol. The molecule has 0 aliphatic rings. The molecule has 88 valence electrons. The number of rotatable bonds is 3. The van der Waals surface area contributed by atoms with Gasteiger partial charge in [0.15, 0.2) is 0 Å². The second kappa shape index (κ2) is 4.97. The summed E-state index contributed by atoms with van der Waals surface area (Å²) in [4.78, 5) is 11.8. The highest BCUT2D eigenvalue weighted by molar-refractivity contribution is 5.98. The fourth-order valence-electron chi connectivity index (χ4n) is 1.67. The lowest BCUT2D eigenvalue weighted by atomic mass is 10.1. The van der Waals surface area contributed by atoms with Gasteiger partial charge >= 0.3 is 0 Å². The molecule has 0 spiro atoms. The van der Waals surface area contributed by atoms with Crippen LogP contribution in [0.2, 0.25) is 0 Å². The van der Waals surface area contributed by atoms with Crippen LogP contribution in [-0.4, -0.2) is 23.7 Å². The number of amides is 1. The first kappa shape index (κ1) is 11.6. The highest BCUT2D eigenvalue weighted by atomic mass is 16.3. The summed E-state index contributed by atoms with van der Waals surface area (Å²) in [5.74, 6) is -0.156. The van der Waals surface area contributed by atoms with Gasteiger partial charge in [-0.2, -0.15) is 0 Å². The molecular weight excluding hydrogens is 214 g/mol. The van der Waals surface area contributed by atoms with Gasteiger partial charge in [-0.3, -0.25) is 4.79 Å². The van der Waals surface area contributed by atoms with Crippen molar-refractivity contribution in [2.75, 3.05) is 6.54 Å². The first-order chi connectivity index (χ1) is 8.16. The van der Waals surface area contributed by atoms with E-state index in [9.17, 15) is 4.79 Å². The first-order valence-corrected chi connectivity index (χ1v) is 5.62. The molecule has 17 heavy (non-hydrogen) atoms. The van der Waals surface area contributed by atoms with Crippen LogP contribution in [0, 0.1) is 0 Å². The molecule has 2 N–H and O–H groups in total. The smallest absolute Gasteiger partial charge is 0.251 e. The number of nitrogens with one attached hydrogen (secondary N) is 1.